The number of fused-ring (bicyclic) bond motifs is 4. The van der Waals surface area contributed by atoms with E-state index in [1.807, 2.05) is 35.8 Å². The number of anilines is 1. The Morgan fingerprint density at radius 2 is 1.58 bits per heavy atom. The third-order valence-corrected chi connectivity index (χ3v) is 12.8. The number of hydrogen-bond acceptors (Lipinski definition) is 13. The summed E-state index contributed by atoms with van der Waals surface area (Å²) in [5.74, 6) is -2.00. The number of aromatic nitrogens is 3. The molecule has 1 unspecified atom stereocenters. The maximum atomic E-state index is 13.6. The Morgan fingerprint density at radius 3 is 2.29 bits per heavy atom. The van der Waals surface area contributed by atoms with Crippen molar-refractivity contribution in [3.8, 4) is 10.8 Å². The molecule has 66 heavy (non-hydrogen) atoms. The highest BCUT2D eigenvalue weighted by Gasteiger charge is 2.46. The molecule has 6 amide bonds. The van der Waals surface area contributed by atoms with Gasteiger partial charge >= 0.3 is 0 Å². The van der Waals surface area contributed by atoms with Gasteiger partial charge in [0.2, 0.25) is 17.7 Å². The number of imide groups is 2. The molecule has 3 aliphatic rings. The van der Waals surface area contributed by atoms with E-state index in [1.54, 1.807) is 59.9 Å². The predicted octanol–water partition coefficient (Wildman–Crippen LogP) is 7.34. The van der Waals surface area contributed by atoms with Crippen molar-refractivity contribution in [3.05, 3.63) is 146 Å². The molecule has 0 aliphatic carbocycles. The lowest BCUT2D eigenvalue weighted by molar-refractivity contribution is -0.136. The maximum absolute atomic E-state index is 13.6. The number of thiophene rings is 1. The molecule has 3 N–H and O–H groups in total. The zero-order chi connectivity index (χ0) is 46.2. The highest BCUT2D eigenvalue weighted by atomic mass is 35.5. The number of ether oxygens (including phenoxy) is 1. The Bertz CT molecular complexity index is 3030. The minimum absolute atomic E-state index is 0.00299. The number of azo groups is 1. The van der Waals surface area contributed by atoms with E-state index in [2.05, 4.69) is 50.2 Å². The highest BCUT2D eigenvalue weighted by molar-refractivity contribution is 7.15. The van der Waals surface area contributed by atoms with Crippen molar-refractivity contribution in [2.24, 2.45) is 15.2 Å². The van der Waals surface area contributed by atoms with E-state index in [-0.39, 0.29) is 48.6 Å². The standard InChI is InChI=1S/C47H39ClN10O7S/c1-24-25(2)66-47-40(24)42(28-9-11-29(48)12-10-28)51-34(43-56-53-26(3)57(43)47)21-38(60)50-30-15-17-32(18-16-30)55-54-31-13-7-27(8-14-31)22-49-39(61)23-65-36-6-4-5-33-41(36)46(64)58(45(33)63)35-19-20-37(59)52-44(35)62/h4-18,34-35H,19-23H2,1-3H3,(H,49,61)(H,50,60)(H,52,59,62)/t34-,35?/m0/s1. The van der Waals surface area contributed by atoms with Gasteiger partial charge in [-0.3, -0.25) is 48.5 Å². The average molecular weight is 923 g/mol. The van der Waals surface area contributed by atoms with Gasteiger partial charge in [0.15, 0.2) is 12.4 Å². The summed E-state index contributed by atoms with van der Waals surface area (Å²) in [6, 6.07) is 24.2. The van der Waals surface area contributed by atoms with Crippen LogP contribution >= 0.6 is 22.9 Å². The van der Waals surface area contributed by atoms with E-state index >= 15 is 0 Å². The number of carbonyl (C=O) groups is 6. The van der Waals surface area contributed by atoms with Crippen LogP contribution in [0.4, 0.5) is 17.1 Å². The first-order valence-electron chi connectivity index (χ1n) is 20.8. The predicted molar refractivity (Wildman–Crippen MR) is 244 cm³/mol. The lowest BCUT2D eigenvalue weighted by atomic mass is 9.99. The summed E-state index contributed by atoms with van der Waals surface area (Å²) in [5.41, 5.74) is 6.22. The SMILES string of the molecule is Cc1sc2c(c1C)C(c1ccc(Cl)cc1)=N[C@@H](CC(=O)Nc1ccc(N=Nc3ccc(CNC(=O)COc4cccc5c4C(=O)N(C4CCC(=O)NC4=O)C5=O)cc3)cc1)c1nnc(C)n1-2. The number of piperidine rings is 1. The van der Waals surface area contributed by atoms with Gasteiger partial charge in [0, 0.05) is 39.7 Å². The largest absolute Gasteiger partial charge is 0.483 e. The molecule has 9 rings (SSSR count). The summed E-state index contributed by atoms with van der Waals surface area (Å²) in [6.07, 6.45) is 0.0379. The molecule has 332 valence electrons. The van der Waals surface area contributed by atoms with Crippen LogP contribution in [0.3, 0.4) is 0 Å². The Kier molecular flexibility index (Phi) is 11.9. The van der Waals surface area contributed by atoms with Crippen LogP contribution in [0.2, 0.25) is 5.02 Å². The monoisotopic (exact) mass is 922 g/mol. The van der Waals surface area contributed by atoms with Crippen LogP contribution in [-0.4, -0.2) is 73.5 Å². The van der Waals surface area contributed by atoms with Crippen LogP contribution in [0.25, 0.3) is 5.00 Å². The second-order valence-electron chi connectivity index (χ2n) is 15.8. The van der Waals surface area contributed by atoms with Gasteiger partial charge in [-0.2, -0.15) is 10.2 Å². The van der Waals surface area contributed by atoms with E-state index in [1.165, 1.54) is 18.2 Å². The first-order chi connectivity index (χ1) is 31.8. The molecular formula is C47H39ClN10O7S. The summed E-state index contributed by atoms with van der Waals surface area (Å²) >= 11 is 7.89. The van der Waals surface area contributed by atoms with Crippen LogP contribution in [-0.2, 0) is 25.7 Å². The van der Waals surface area contributed by atoms with Crippen LogP contribution in [0.1, 0.15) is 84.8 Å². The molecule has 5 heterocycles. The van der Waals surface area contributed by atoms with Crippen molar-refractivity contribution >= 4 is 81.2 Å². The number of carbonyl (C=O) groups excluding carboxylic acids is 6. The molecule has 0 radical (unpaired) electrons. The topological polar surface area (TPSA) is 219 Å². The van der Waals surface area contributed by atoms with Gasteiger partial charge in [0.25, 0.3) is 17.7 Å². The van der Waals surface area contributed by atoms with Gasteiger partial charge < -0.3 is 15.4 Å². The molecule has 3 aliphatic heterocycles. The van der Waals surface area contributed by atoms with Crippen molar-refractivity contribution < 1.29 is 33.5 Å². The summed E-state index contributed by atoms with van der Waals surface area (Å²) in [5, 5.41) is 27.0. The Hall–Kier alpha value is -7.70. The third kappa shape index (κ3) is 8.62. The van der Waals surface area contributed by atoms with Crippen LogP contribution in [0.5, 0.6) is 5.75 Å². The molecular weight excluding hydrogens is 884 g/mol. The molecule has 0 spiro atoms. The van der Waals surface area contributed by atoms with Crippen molar-refractivity contribution in [2.45, 2.75) is 58.7 Å². The van der Waals surface area contributed by atoms with E-state index in [0.717, 1.165) is 42.7 Å². The fraction of sp³-hybridized carbons (Fsp3) is 0.213. The molecule has 2 aromatic heterocycles. The molecule has 19 heteroatoms. The first kappa shape index (κ1) is 43.5. The minimum Gasteiger partial charge on any atom is -0.483 e. The molecule has 4 aromatic carbocycles. The first-order valence-corrected chi connectivity index (χ1v) is 22.0. The van der Waals surface area contributed by atoms with Gasteiger partial charge in [0.05, 0.1) is 34.6 Å². The molecule has 1 saturated heterocycles. The zero-order valence-electron chi connectivity index (χ0n) is 35.6. The van der Waals surface area contributed by atoms with Crippen molar-refractivity contribution in [1.29, 1.82) is 0 Å². The van der Waals surface area contributed by atoms with Gasteiger partial charge in [0.1, 0.15) is 28.7 Å². The van der Waals surface area contributed by atoms with Crippen LogP contribution in [0.15, 0.2) is 106 Å². The lowest BCUT2D eigenvalue weighted by Crippen LogP contribution is -2.54. The van der Waals surface area contributed by atoms with Crippen molar-refractivity contribution in [1.82, 2.24) is 30.3 Å². The van der Waals surface area contributed by atoms with Crippen molar-refractivity contribution in [3.63, 3.8) is 0 Å². The fourth-order valence-electron chi connectivity index (χ4n) is 7.93. The number of rotatable bonds is 12. The normalized spacial score (nSPS) is 16.6. The lowest BCUT2D eigenvalue weighted by Gasteiger charge is -2.27. The molecule has 0 bridgehead atoms. The number of aryl methyl sites for hydroxylation is 2. The minimum atomic E-state index is -1.12. The van der Waals surface area contributed by atoms with E-state index in [4.69, 9.17) is 21.3 Å². The quantitative estimate of drug-likeness (QED) is 0.0825. The number of benzene rings is 4. The number of halogens is 1. The van der Waals surface area contributed by atoms with E-state index < -0.39 is 48.2 Å². The zero-order valence-corrected chi connectivity index (χ0v) is 37.2. The van der Waals surface area contributed by atoms with E-state index in [9.17, 15) is 28.8 Å². The summed E-state index contributed by atoms with van der Waals surface area (Å²) in [4.78, 5) is 83.9. The number of aliphatic imine (C=N–C) groups is 1. The second kappa shape index (κ2) is 18.1. The Morgan fingerprint density at radius 1 is 0.864 bits per heavy atom. The molecule has 1 fully saturated rings. The average Bonchev–Trinajstić information content (AvgIpc) is 3.89. The van der Waals surface area contributed by atoms with Gasteiger partial charge in [-0.15, -0.1) is 21.5 Å². The van der Waals surface area contributed by atoms with Gasteiger partial charge in [-0.1, -0.05) is 41.9 Å². The number of hydrogen-bond donors (Lipinski definition) is 3. The Balaban J connectivity index is 0.782. The summed E-state index contributed by atoms with van der Waals surface area (Å²) < 4.78 is 7.68. The summed E-state index contributed by atoms with van der Waals surface area (Å²) in [7, 11) is 0. The van der Waals surface area contributed by atoms with Gasteiger partial charge in [-0.05, 0) is 99.0 Å². The maximum Gasteiger partial charge on any atom is 0.266 e. The van der Waals surface area contributed by atoms with Gasteiger partial charge in [-0.25, -0.2) is 0 Å². The molecule has 2 atom stereocenters. The molecule has 6 aromatic rings. The van der Waals surface area contributed by atoms with E-state index in [0.29, 0.717) is 33.7 Å². The second-order valence-corrected chi connectivity index (χ2v) is 17.4. The highest BCUT2D eigenvalue weighted by Crippen LogP contribution is 2.40. The fourth-order valence-corrected chi connectivity index (χ4v) is 9.27. The molecule has 17 nitrogen and oxygen atoms in total. The third-order valence-electron chi connectivity index (χ3n) is 11.4. The van der Waals surface area contributed by atoms with Crippen LogP contribution in [0, 0.1) is 20.8 Å². The molecule has 0 saturated carbocycles. The smallest absolute Gasteiger partial charge is 0.266 e. The Labute approximate surface area is 386 Å². The number of nitrogens with zero attached hydrogens (tertiary/aromatic N) is 7. The van der Waals surface area contributed by atoms with Crippen molar-refractivity contribution in [2.75, 3.05) is 11.9 Å². The summed E-state index contributed by atoms with van der Waals surface area (Å²) in [6.45, 7) is 5.78. The number of amides is 6. The number of nitrogens with one attached hydrogen (secondary N) is 3. The van der Waals surface area contributed by atoms with Crippen LogP contribution < -0.4 is 20.7 Å².